The van der Waals surface area contributed by atoms with Crippen molar-refractivity contribution in [2.75, 3.05) is 11.1 Å². The Morgan fingerprint density at radius 3 is 2.45 bits per heavy atom. The summed E-state index contributed by atoms with van der Waals surface area (Å²) in [7, 11) is 0. The first-order chi connectivity index (χ1) is 14.7. The second kappa shape index (κ2) is 10.1. The highest BCUT2D eigenvalue weighted by molar-refractivity contribution is 7.13. The summed E-state index contributed by atoms with van der Waals surface area (Å²) in [5.74, 6) is 0.194. The number of amides is 2. The van der Waals surface area contributed by atoms with Crippen LogP contribution < -0.4 is 16.4 Å². The van der Waals surface area contributed by atoms with Gasteiger partial charge >= 0.3 is 6.09 Å². The molecule has 2 aromatic rings. The average molecular weight is 445 g/mol. The van der Waals surface area contributed by atoms with Crippen molar-refractivity contribution in [3.63, 3.8) is 0 Å². The van der Waals surface area contributed by atoms with Crippen molar-refractivity contribution in [3.05, 3.63) is 29.6 Å². The highest BCUT2D eigenvalue weighted by Crippen LogP contribution is 2.28. The minimum absolute atomic E-state index is 0.234. The number of ether oxygens (including phenoxy) is 1. The van der Waals surface area contributed by atoms with Crippen molar-refractivity contribution in [2.45, 2.75) is 70.9 Å². The van der Waals surface area contributed by atoms with E-state index in [2.05, 4.69) is 15.6 Å². The lowest BCUT2D eigenvalue weighted by molar-refractivity contribution is -0.118. The van der Waals surface area contributed by atoms with E-state index in [-0.39, 0.29) is 5.91 Å². The topological polar surface area (TPSA) is 106 Å². The molecule has 3 rings (SSSR count). The summed E-state index contributed by atoms with van der Waals surface area (Å²) in [6.07, 6.45) is 5.81. The minimum Gasteiger partial charge on any atom is -0.444 e. The van der Waals surface area contributed by atoms with E-state index in [1.165, 1.54) is 30.6 Å². The fraction of sp³-hybridized carbons (Fsp3) is 0.522. The lowest BCUT2D eigenvalue weighted by Crippen LogP contribution is -2.46. The number of nitrogen functional groups attached to an aromatic ring is 1. The maximum absolute atomic E-state index is 13.0. The van der Waals surface area contributed by atoms with Crippen molar-refractivity contribution in [1.82, 2.24) is 10.3 Å². The molecule has 1 atom stereocenters. The van der Waals surface area contributed by atoms with Gasteiger partial charge in [-0.2, -0.15) is 0 Å². The molecule has 1 aromatic heterocycles. The summed E-state index contributed by atoms with van der Waals surface area (Å²) in [6.45, 7) is 5.42. The summed E-state index contributed by atoms with van der Waals surface area (Å²) in [6, 6.07) is 6.79. The molecule has 0 saturated heterocycles. The van der Waals surface area contributed by atoms with E-state index in [1.54, 1.807) is 20.8 Å². The molecule has 168 valence electrons. The summed E-state index contributed by atoms with van der Waals surface area (Å²) >= 11 is 1.39. The number of aromatic nitrogens is 1. The number of nitrogens with two attached hydrogens (primary N) is 1. The van der Waals surface area contributed by atoms with Crippen LogP contribution in [0.3, 0.4) is 0 Å². The van der Waals surface area contributed by atoms with Gasteiger partial charge in [-0.3, -0.25) is 4.79 Å². The molecule has 0 spiro atoms. The zero-order valence-corrected chi connectivity index (χ0v) is 19.3. The van der Waals surface area contributed by atoms with E-state index in [1.807, 2.05) is 29.6 Å². The average Bonchev–Trinajstić information content (AvgIpc) is 3.14. The van der Waals surface area contributed by atoms with Gasteiger partial charge in [-0.15, -0.1) is 11.3 Å². The van der Waals surface area contributed by atoms with E-state index in [0.29, 0.717) is 23.2 Å². The summed E-state index contributed by atoms with van der Waals surface area (Å²) in [5.41, 5.74) is 7.48. The van der Waals surface area contributed by atoms with Gasteiger partial charge in [0.05, 0.1) is 5.69 Å². The lowest BCUT2D eigenvalue weighted by atomic mass is 9.84. The number of nitrogens with zero attached hydrogens (tertiary/aromatic N) is 1. The molecule has 1 aliphatic carbocycles. The lowest BCUT2D eigenvalue weighted by Gasteiger charge is -2.28. The van der Waals surface area contributed by atoms with Crippen LogP contribution in [-0.4, -0.2) is 28.6 Å². The van der Waals surface area contributed by atoms with E-state index < -0.39 is 17.7 Å². The number of nitrogens with one attached hydrogen (secondary N) is 2. The monoisotopic (exact) mass is 444 g/mol. The third-order valence-electron chi connectivity index (χ3n) is 5.27. The Morgan fingerprint density at radius 1 is 1.19 bits per heavy atom. The summed E-state index contributed by atoms with van der Waals surface area (Å²) < 4.78 is 5.38. The Hall–Kier alpha value is -2.61. The smallest absolute Gasteiger partial charge is 0.408 e. The Balaban J connectivity index is 1.66. The van der Waals surface area contributed by atoms with Crippen LogP contribution in [0.15, 0.2) is 29.6 Å². The van der Waals surface area contributed by atoms with Crippen LogP contribution in [0.5, 0.6) is 0 Å². The van der Waals surface area contributed by atoms with Crippen molar-refractivity contribution in [2.24, 2.45) is 5.92 Å². The molecule has 0 aliphatic heterocycles. The largest absolute Gasteiger partial charge is 0.444 e. The fourth-order valence-electron chi connectivity index (χ4n) is 3.81. The molecular formula is C23H32N4O3S. The number of alkyl carbamates (subject to hydrolysis) is 1. The van der Waals surface area contributed by atoms with Crippen LogP contribution in [0.2, 0.25) is 0 Å². The highest BCUT2D eigenvalue weighted by atomic mass is 32.1. The summed E-state index contributed by atoms with van der Waals surface area (Å²) in [5, 5.41) is 8.13. The molecule has 31 heavy (non-hydrogen) atoms. The Labute approximate surface area is 187 Å². The van der Waals surface area contributed by atoms with Crippen molar-refractivity contribution in [1.29, 1.82) is 0 Å². The maximum Gasteiger partial charge on any atom is 0.408 e. The van der Waals surface area contributed by atoms with Gasteiger partial charge in [0.25, 0.3) is 0 Å². The number of hydrogen-bond acceptors (Lipinski definition) is 6. The molecule has 1 heterocycles. The van der Waals surface area contributed by atoms with Crippen LogP contribution in [-0.2, 0) is 9.53 Å². The maximum atomic E-state index is 13.0. The molecule has 7 nitrogen and oxygen atoms in total. The molecule has 1 fully saturated rings. The third kappa shape index (κ3) is 7.24. The van der Waals surface area contributed by atoms with Gasteiger partial charge in [-0.25, -0.2) is 9.78 Å². The van der Waals surface area contributed by atoms with Gasteiger partial charge in [0.15, 0.2) is 5.13 Å². The van der Waals surface area contributed by atoms with Crippen molar-refractivity contribution >= 4 is 34.2 Å². The first-order valence-corrected chi connectivity index (χ1v) is 11.7. The van der Waals surface area contributed by atoms with Gasteiger partial charge in [0.1, 0.15) is 11.6 Å². The third-order valence-corrected chi connectivity index (χ3v) is 5.95. The molecule has 1 aromatic carbocycles. The first kappa shape index (κ1) is 23.1. The molecule has 2 amide bonds. The molecular weight excluding hydrogens is 412 g/mol. The number of carbonyl (C=O) groups is 2. The van der Waals surface area contributed by atoms with Crippen LogP contribution in [0, 0.1) is 5.92 Å². The second-order valence-corrected chi connectivity index (χ2v) is 9.97. The Morgan fingerprint density at radius 2 is 1.87 bits per heavy atom. The standard InChI is InChI=1S/C23H32N4O3S/c1-23(2,3)30-22(29)27-18(13-15-7-5-4-6-8-15)20(28)25-17-11-9-16(10-12-17)19-14-31-21(24)26-19/h9-12,14-15,18H,4-8,13H2,1-3H3,(H2,24,26)(H,25,28)(H,27,29)/t18-/m0/s1. The van der Waals surface area contributed by atoms with Crippen molar-refractivity contribution in [3.8, 4) is 11.3 Å². The van der Waals surface area contributed by atoms with Crippen LogP contribution in [0.4, 0.5) is 15.6 Å². The number of hydrogen-bond donors (Lipinski definition) is 3. The Kier molecular flexibility index (Phi) is 7.54. The van der Waals surface area contributed by atoms with Gasteiger partial charge in [0.2, 0.25) is 5.91 Å². The van der Waals surface area contributed by atoms with Crippen LogP contribution >= 0.6 is 11.3 Å². The summed E-state index contributed by atoms with van der Waals surface area (Å²) in [4.78, 5) is 29.7. The zero-order chi connectivity index (χ0) is 22.4. The normalized spacial score (nSPS) is 15.8. The number of benzene rings is 1. The Bertz CT molecular complexity index is 883. The van der Waals surface area contributed by atoms with Gasteiger partial charge in [0, 0.05) is 16.6 Å². The quantitative estimate of drug-likeness (QED) is 0.568. The molecule has 1 saturated carbocycles. The SMILES string of the molecule is CC(C)(C)OC(=O)N[C@@H](CC1CCCCC1)C(=O)Nc1ccc(-c2csc(N)n2)cc1. The molecule has 0 bridgehead atoms. The highest BCUT2D eigenvalue weighted by Gasteiger charge is 2.28. The van der Waals surface area contributed by atoms with Crippen LogP contribution in [0.25, 0.3) is 11.3 Å². The molecule has 8 heteroatoms. The second-order valence-electron chi connectivity index (χ2n) is 9.08. The fourth-order valence-corrected chi connectivity index (χ4v) is 4.38. The molecule has 0 unspecified atom stereocenters. The van der Waals surface area contributed by atoms with Gasteiger partial charge < -0.3 is 21.1 Å². The predicted molar refractivity (Wildman–Crippen MR) is 125 cm³/mol. The van der Waals surface area contributed by atoms with Gasteiger partial charge in [-0.05, 0) is 45.2 Å². The number of rotatable bonds is 6. The van der Waals surface area contributed by atoms with Crippen molar-refractivity contribution < 1.29 is 14.3 Å². The number of anilines is 2. The first-order valence-electron chi connectivity index (χ1n) is 10.8. The molecule has 4 N–H and O–H groups in total. The zero-order valence-electron chi connectivity index (χ0n) is 18.4. The van der Waals surface area contributed by atoms with E-state index in [4.69, 9.17) is 10.5 Å². The molecule has 0 radical (unpaired) electrons. The van der Waals surface area contributed by atoms with E-state index in [0.717, 1.165) is 24.1 Å². The number of carbonyl (C=O) groups excluding carboxylic acids is 2. The predicted octanol–water partition coefficient (Wildman–Crippen LogP) is 5.19. The number of thiazole rings is 1. The van der Waals surface area contributed by atoms with E-state index in [9.17, 15) is 9.59 Å². The molecule has 1 aliphatic rings. The minimum atomic E-state index is -0.643. The van der Waals surface area contributed by atoms with E-state index >= 15 is 0 Å². The van der Waals surface area contributed by atoms with Crippen LogP contribution in [0.1, 0.15) is 59.3 Å². The van der Waals surface area contributed by atoms with Gasteiger partial charge in [-0.1, -0.05) is 44.2 Å².